The van der Waals surface area contributed by atoms with Crippen molar-refractivity contribution in [1.82, 2.24) is 5.32 Å². The minimum atomic E-state index is 0.322. The highest BCUT2D eigenvalue weighted by Gasteiger charge is 2.19. The van der Waals surface area contributed by atoms with E-state index in [4.69, 9.17) is 0 Å². The molecule has 0 radical (unpaired) electrons. The van der Waals surface area contributed by atoms with E-state index in [-0.39, 0.29) is 0 Å². The summed E-state index contributed by atoms with van der Waals surface area (Å²) in [6.07, 6.45) is 1.15. The van der Waals surface area contributed by atoms with Crippen LogP contribution in [0.5, 0.6) is 0 Å². The summed E-state index contributed by atoms with van der Waals surface area (Å²) in [4.78, 5) is 2.83. The zero-order valence-corrected chi connectivity index (χ0v) is 14.1. The Kier molecular flexibility index (Phi) is 5.01. The van der Waals surface area contributed by atoms with Crippen LogP contribution in [0, 0.1) is 13.8 Å². The monoisotopic (exact) mass is 343 g/mol. The summed E-state index contributed by atoms with van der Waals surface area (Å²) >= 11 is 7.31. The molecule has 0 amide bonds. The zero-order chi connectivity index (χ0) is 13.1. The normalized spacial score (nSPS) is 12.9. The van der Waals surface area contributed by atoms with Gasteiger partial charge < -0.3 is 5.32 Å². The standard InChI is InChI=1S/C14H18BrNS2/c1-4-5-16-14(11-7-17-8-12(11)15)13-6-9(2)10(3)18-13/h6-8,14,16H,4-5H2,1-3H3. The predicted octanol–water partition coefficient (Wildman–Crippen LogP) is 5.28. The Balaban J connectivity index is 2.33. The molecule has 2 aromatic rings. The molecule has 1 unspecified atom stereocenters. The topological polar surface area (TPSA) is 12.0 Å². The Morgan fingerprint density at radius 3 is 2.61 bits per heavy atom. The number of halogens is 1. The summed E-state index contributed by atoms with van der Waals surface area (Å²) in [6, 6.07) is 2.64. The average Bonchev–Trinajstić information content (AvgIpc) is 2.88. The van der Waals surface area contributed by atoms with Crippen LogP contribution in [0.2, 0.25) is 0 Å². The van der Waals surface area contributed by atoms with Gasteiger partial charge in [0.25, 0.3) is 0 Å². The lowest BCUT2D eigenvalue weighted by atomic mass is 10.1. The maximum atomic E-state index is 3.66. The molecular weight excluding hydrogens is 326 g/mol. The Morgan fingerprint density at radius 2 is 2.11 bits per heavy atom. The number of hydrogen-bond acceptors (Lipinski definition) is 3. The Labute approximate surface area is 125 Å². The molecule has 0 saturated carbocycles. The fraction of sp³-hybridized carbons (Fsp3) is 0.429. The van der Waals surface area contributed by atoms with Crippen molar-refractivity contribution < 1.29 is 0 Å². The molecule has 0 aliphatic heterocycles. The molecule has 98 valence electrons. The molecule has 0 aliphatic rings. The molecular formula is C14H18BrNS2. The highest BCUT2D eigenvalue weighted by atomic mass is 79.9. The van der Waals surface area contributed by atoms with Gasteiger partial charge in [0, 0.05) is 19.6 Å². The number of rotatable bonds is 5. The number of nitrogens with one attached hydrogen (secondary N) is 1. The predicted molar refractivity (Wildman–Crippen MR) is 85.9 cm³/mol. The second kappa shape index (κ2) is 6.33. The molecule has 2 heterocycles. The van der Waals surface area contributed by atoms with E-state index < -0.39 is 0 Å². The molecule has 1 N–H and O–H groups in total. The molecule has 0 bridgehead atoms. The average molecular weight is 344 g/mol. The number of hydrogen-bond donors (Lipinski definition) is 1. The van der Waals surface area contributed by atoms with Gasteiger partial charge in [0.15, 0.2) is 0 Å². The summed E-state index contributed by atoms with van der Waals surface area (Å²) in [5.41, 5.74) is 2.75. The van der Waals surface area contributed by atoms with E-state index in [0.717, 1.165) is 13.0 Å². The smallest absolute Gasteiger partial charge is 0.0690 e. The molecule has 18 heavy (non-hydrogen) atoms. The molecule has 0 aliphatic carbocycles. The molecule has 0 aromatic carbocycles. The van der Waals surface area contributed by atoms with Gasteiger partial charge in [-0.05, 0) is 65.3 Å². The second-order valence-electron chi connectivity index (χ2n) is 4.45. The molecule has 2 aromatic heterocycles. The fourth-order valence-corrected chi connectivity index (χ4v) is 4.58. The Morgan fingerprint density at radius 1 is 1.33 bits per heavy atom. The van der Waals surface area contributed by atoms with E-state index in [1.54, 1.807) is 11.3 Å². The lowest BCUT2D eigenvalue weighted by molar-refractivity contribution is 0.605. The molecule has 1 nitrogen and oxygen atoms in total. The van der Waals surface area contributed by atoms with Gasteiger partial charge in [0.2, 0.25) is 0 Å². The van der Waals surface area contributed by atoms with Crippen LogP contribution < -0.4 is 5.32 Å². The highest BCUT2D eigenvalue weighted by molar-refractivity contribution is 9.10. The van der Waals surface area contributed by atoms with Crippen LogP contribution in [0.3, 0.4) is 0 Å². The quantitative estimate of drug-likeness (QED) is 0.778. The largest absolute Gasteiger partial charge is 0.306 e. The molecule has 4 heteroatoms. The van der Waals surface area contributed by atoms with E-state index in [2.05, 4.69) is 58.8 Å². The SMILES string of the molecule is CCCNC(c1cc(C)c(C)s1)c1cscc1Br. The first-order chi connectivity index (χ1) is 8.63. The van der Waals surface area contributed by atoms with Crippen molar-refractivity contribution >= 4 is 38.6 Å². The van der Waals surface area contributed by atoms with Gasteiger partial charge in [-0.25, -0.2) is 0 Å². The number of thiophene rings is 2. The molecule has 0 fully saturated rings. The summed E-state index contributed by atoms with van der Waals surface area (Å²) in [5.74, 6) is 0. The third-order valence-electron chi connectivity index (χ3n) is 3.02. The number of aryl methyl sites for hydroxylation is 2. The van der Waals surface area contributed by atoms with Crippen molar-refractivity contribution in [2.75, 3.05) is 6.54 Å². The van der Waals surface area contributed by atoms with Crippen molar-refractivity contribution in [3.8, 4) is 0 Å². The lowest BCUT2D eigenvalue weighted by Crippen LogP contribution is -2.22. The maximum absolute atomic E-state index is 3.66. The molecule has 1 atom stereocenters. The van der Waals surface area contributed by atoms with Crippen LogP contribution in [0.15, 0.2) is 21.3 Å². The highest BCUT2D eigenvalue weighted by Crippen LogP contribution is 2.35. The molecule has 0 spiro atoms. The van der Waals surface area contributed by atoms with Gasteiger partial charge in [-0.3, -0.25) is 0 Å². The van der Waals surface area contributed by atoms with Crippen LogP contribution in [-0.2, 0) is 0 Å². The van der Waals surface area contributed by atoms with Gasteiger partial charge in [-0.15, -0.1) is 11.3 Å². The minimum absolute atomic E-state index is 0.322. The van der Waals surface area contributed by atoms with Crippen molar-refractivity contribution in [2.24, 2.45) is 0 Å². The first kappa shape index (κ1) is 14.3. The fourth-order valence-electron chi connectivity index (χ4n) is 1.89. The van der Waals surface area contributed by atoms with Crippen LogP contribution >= 0.6 is 38.6 Å². The van der Waals surface area contributed by atoms with E-state index in [0.29, 0.717) is 6.04 Å². The first-order valence-electron chi connectivity index (χ1n) is 6.15. The zero-order valence-electron chi connectivity index (χ0n) is 10.9. The van der Waals surface area contributed by atoms with Gasteiger partial charge in [0.05, 0.1) is 6.04 Å². The minimum Gasteiger partial charge on any atom is -0.306 e. The van der Waals surface area contributed by atoms with Gasteiger partial charge in [0.1, 0.15) is 0 Å². The van der Waals surface area contributed by atoms with E-state index >= 15 is 0 Å². The van der Waals surface area contributed by atoms with E-state index in [1.807, 2.05) is 11.3 Å². The van der Waals surface area contributed by atoms with Crippen LogP contribution in [-0.4, -0.2) is 6.54 Å². The Bertz CT molecular complexity index is 496. The second-order valence-corrected chi connectivity index (χ2v) is 7.34. The van der Waals surface area contributed by atoms with Crippen molar-refractivity contribution in [1.29, 1.82) is 0 Å². The van der Waals surface area contributed by atoms with Gasteiger partial charge in [-0.1, -0.05) is 6.92 Å². The van der Waals surface area contributed by atoms with Crippen molar-refractivity contribution in [3.63, 3.8) is 0 Å². The maximum Gasteiger partial charge on any atom is 0.0690 e. The van der Waals surface area contributed by atoms with E-state index in [9.17, 15) is 0 Å². The molecule has 0 saturated heterocycles. The van der Waals surface area contributed by atoms with Crippen molar-refractivity contribution in [2.45, 2.75) is 33.2 Å². The Hall–Kier alpha value is -0.160. The summed E-state index contributed by atoms with van der Waals surface area (Å²) in [7, 11) is 0. The third-order valence-corrected chi connectivity index (χ3v) is 5.99. The third kappa shape index (κ3) is 3.05. The lowest BCUT2D eigenvalue weighted by Gasteiger charge is -2.17. The summed E-state index contributed by atoms with van der Waals surface area (Å²) < 4.78 is 1.21. The summed E-state index contributed by atoms with van der Waals surface area (Å²) in [6.45, 7) is 7.64. The van der Waals surface area contributed by atoms with Crippen LogP contribution in [0.25, 0.3) is 0 Å². The van der Waals surface area contributed by atoms with E-state index in [1.165, 1.54) is 25.4 Å². The summed E-state index contributed by atoms with van der Waals surface area (Å²) in [5, 5.41) is 8.05. The van der Waals surface area contributed by atoms with Gasteiger partial charge in [-0.2, -0.15) is 11.3 Å². The van der Waals surface area contributed by atoms with Gasteiger partial charge >= 0.3 is 0 Å². The van der Waals surface area contributed by atoms with Crippen LogP contribution in [0.1, 0.15) is 40.3 Å². The molecule has 2 rings (SSSR count). The van der Waals surface area contributed by atoms with Crippen LogP contribution in [0.4, 0.5) is 0 Å². The van der Waals surface area contributed by atoms with Crippen molar-refractivity contribution in [3.05, 3.63) is 42.2 Å². The first-order valence-corrected chi connectivity index (χ1v) is 8.70.